The fraction of sp³-hybridized carbons (Fsp3) is 0.364. The Bertz CT molecular complexity index is 769. The molecule has 0 aliphatic heterocycles. The molecule has 1 N–H and O–H groups in total. The predicted octanol–water partition coefficient (Wildman–Crippen LogP) is 4.36. The number of amides is 2. The zero-order valence-corrected chi connectivity index (χ0v) is 17.9. The quantitative estimate of drug-likeness (QED) is 0.562. The summed E-state index contributed by atoms with van der Waals surface area (Å²) < 4.78 is 31.6. The molecule has 8 heteroatoms. The van der Waals surface area contributed by atoms with E-state index in [-0.39, 0.29) is 31.3 Å². The molecule has 0 aliphatic rings. The van der Waals surface area contributed by atoms with E-state index < -0.39 is 18.0 Å². The van der Waals surface area contributed by atoms with Crippen LogP contribution in [0, 0.1) is 11.6 Å². The third kappa shape index (κ3) is 7.67. The number of thioether (sulfide) groups is 1. The summed E-state index contributed by atoms with van der Waals surface area (Å²) in [5.74, 6) is -0.538. The predicted molar refractivity (Wildman–Crippen MR) is 114 cm³/mol. The molecule has 2 rings (SSSR count). The van der Waals surface area contributed by atoms with E-state index in [4.69, 9.17) is 4.74 Å². The number of urea groups is 1. The number of rotatable bonds is 10. The lowest BCUT2D eigenvalue weighted by molar-refractivity contribution is -0.145. The average molecular weight is 437 g/mol. The highest BCUT2D eigenvalue weighted by Crippen LogP contribution is 2.13. The smallest absolute Gasteiger partial charge is 0.328 e. The van der Waals surface area contributed by atoms with Gasteiger partial charge in [0.15, 0.2) is 0 Å². The van der Waals surface area contributed by atoms with E-state index >= 15 is 0 Å². The van der Waals surface area contributed by atoms with Gasteiger partial charge in [-0.3, -0.25) is 0 Å². The monoisotopic (exact) mass is 436 g/mol. The zero-order chi connectivity index (χ0) is 21.9. The Morgan fingerprint density at radius 2 is 1.50 bits per heavy atom. The van der Waals surface area contributed by atoms with Crippen LogP contribution >= 0.6 is 11.8 Å². The second-order valence-corrected chi connectivity index (χ2v) is 7.63. The van der Waals surface area contributed by atoms with E-state index in [1.165, 1.54) is 29.2 Å². The minimum absolute atomic E-state index is 0.196. The number of ether oxygens (including phenoxy) is 1. The minimum Gasteiger partial charge on any atom is -0.464 e. The molecule has 2 aromatic carbocycles. The minimum atomic E-state index is -0.770. The molecule has 1 unspecified atom stereocenters. The lowest BCUT2D eigenvalue weighted by atomic mass is 10.1. The van der Waals surface area contributed by atoms with Crippen molar-refractivity contribution in [1.82, 2.24) is 10.2 Å². The number of nitrogens with zero attached hydrogens (tertiary/aromatic N) is 1. The van der Waals surface area contributed by atoms with Crippen LogP contribution in [0.2, 0.25) is 0 Å². The maximum Gasteiger partial charge on any atom is 0.328 e. The molecule has 30 heavy (non-hydrogen) atoms. The van der Waals surface area contributed by atoms with Crippen molar-refractivity contribution in [1.29, 1.82) is 0 Å². The molecule has 1 atom stereocenters. The second-order valence-electron chi connectivity index (χ2n) is 6.64. The summed E-state index contributed by atoms with van der Waals surface area (Å²) in [6, 6.07) is 10.4. The standard InChI is InChI=1S/C22H26F2N2O3S/c1-3-29-21(27)20(12-13-30-2)25-22(28)26(14-16-4-8-18(23)9-5-16)15-17-6-10-19(24)11-7-17/h4-11,20H,3,12-15H2,1-2H3,(H,25,28). The average Bonchev–Trinajstić information content (AvgIpc) is 2.73. The summed E-state index contributed by atoms with van der Waals surface area (Å²) in [5.41, 5.74) is 1.45. The van der Waals surface area contributed by atoms with E-state index in [0.29, 0.717) is 12.2 Å². The van der Waals surface area contributed by atoms with Gasteiger partial charge >= 0.3 is 12.0 Å². The van der Waals surface area contributed by atoms with Gasteiger partial charge in [-0.05, 0) is 60.7 Å². The number of nitrogens with one attached hydrogen (secondary N) is 1. The highest BCUT2D eigenvalue weighted by molar-refractivity contribution is 7.98. The van der Waals surface area contributed by atoms with Gasteiger partial charge < -0.3 is 15.0 Å². The summed E-state index contributed by atoms with van der Waals surface area (Å²) >= 11 is 1.57. The van der Waals surface area contributed by atoms with Gasteiger partial charge in [0.1, 0.15) is 17.7 Å². The Balaban J connectivity index is 2.19. The van der Waals surface area contributed by atoms with Gasteiger partial charge in [0.25, 0.3) is 0 Å². The van der Waals surface area contributed by atoms with Crippen LogP contribution in [0.25, 0.3) is 0 Å². The molecule has 0 spiro atoms. The first-order chi connectivity index (χ1) is 14.4. The summed E-state index contributed by atoms with van der Waals surface area (Å²) in [4.78, 5) is 26.8. The number of hydrogen-bond acceptors (Lipinski definition) is 4. The van der Waals surface area contributed by atoms with E-state index in [2.05, 4.69) is 5.32 Å². The number of carbonyl (C=O) groups excluding carboxylic acids is 2. The maximum absolute atomic E-state index is 13.2. The number of halogens is 2. The van der Waals surface area contributed by atoms with Crippen LogP contribution in [0.3, 0.4) is 0 Å². The summed E-state index contributed by atoms with van der Waals surface area (Å²) in [6.07, 6.45) is 2.35. The van der Waals surface area contributed by atoms with Gasteiger partial charge in [0.2, 0.25) is 0 Å². The number of carbonyl (C=O) groups is 2. The summed E-state index contributed by atoms with van der Waals surface area (Å²) in [6.45, 7) is 2.32. The fourth-order valence-corrected chi connectivity index (χ4v) is 3.26. The van der Waals surface area contributed by atoms with Crippen LogP contribution < -0.4 is 5.32 Å². The molecular formula is C22H26F2N2O3S. The molecule has 162 valence electrons. The first-order valence-electron chi connectivity index (χ1n) is 9.62. The molecular weight excluding hydrogens is 410 g/mol. The molecule has 0 aromatic heterocycles. The Morgan fingerprint density at radius 1 is 1.00 bits per heavy atom. The number of esters is 1. The third-order valence-electron chi connectivity index (χ3n) is 4.34. The maximum atomic E-state index is 13.2. The van der Waals surface area contributed by atoms with Gasteiger partial charge in [-0.2, -0.15) is 11.8 Å². The normalized spacial score (nSPS) is 11.6. The van der Waals surface area contributed by atoms with Crippen LogP contribution in [0.4, 0.5) is 13.6 Å². The van der Waals surface area contributed by atoms with E-state index in [0.717, 1.165) is 11.1 Å². The Hall–Kier alpha value is -2.61. The lowest BCUT2D eigenvalue weighted by Gasteiger charge is -2.26. The van der Waals surface area contributed by atoms with Crippen molar-refractivity contribution in [2.24, 2.45) is 0 Å². The van der Waals surface area contributed by atoms with E-state index in [1.807, 2.05) is 6.26 Å². The van der Waals surface area contributed by atoms with Crippen LogP contribution in [0.15, 0.2) is 48.5 Å². The molecule has 0 bridgehead atoms. The lowest BCUT2D eigenvalue weighted by Crippen LogP contribution is -2.48. The third-order valence-corrected chi connectivity index (χ3v) is 4.98. The van der Waals surface area contributed by atoms with Crippen molar-refractivity contribution in [3.8, 4) is 0 Å². The first-order valence-corrected chi connectivity index (χ1v) is 11.0. The van der Waals surface area contributed by atoms with Crippen LogP contribution in [0.5, 0.6) is 0 Å². The molecule has 0 heterocycles. The molecule has 0 saturated heterocycles. The second kappa shape index (κ2) is 12.2. The molecule has 0 saturated carbocycles. The molecule has 2 aromatic rings. The molecule has 0 aliphatic carbocycles. The van der Waals surface area contributed by atoms with Gasteiger partial charge in [0, 0.05) is 13.1 Å². The number of benzene rings is 2. The van der Waals surface area contributed by atoms with E-state index in [1.54, 1.807) is 43.0 Å². The van der Waals surface area contributed by atoms with Gasteiger partial charge in [0.05, 0.1) is 6.61 Å². The highest BCUT2D eigenvalue weighted by Gasteiger charge is 2.25. The van der Waals surface area contributed by atoms with E-state index in [9.17, 15) is 18.4 Å². The van der Waals surface area contributed by atoms with Crippen molar-refractivity contribution in [2.75, 3.05) is 18.6 Å². The Kier molecular flexibility index (Phi) is 9.60. The van der Waals surface area contributed by atoms with Crippen molar-refractivity contribution >= 4 is 23.8 Å². The van der Waals surface area contributed by atoms with Crippen molar-refractivity contribution in [3.63, 3.8) is 0 Å². The van der Waals surface area contributed by atoms with Crippen LogP contribution in [-0.4, -0.2) is 41.6 Å². The molecule has 2 amide bonds. The first kappa shape index (κ1) is 23.7. The SMILES string of the molecule is CCOC(=O)C(CCSC)NC(=O)N(Cc1ccc(F)cc1)Cc1ccc(F)cc1. The summed E-state index contributed by atoms with van der Waals surface area (Å²) in [7, 11) is 0. The van der Waals surface area contributed by atoms with Gasteiger partial charge in [-0.15, -0.1) is 0 Å². The Morgan fingerprint density at radius 3 is 1.93 bits per heavy atom. The fourth-order valence-electron chi connectivity index (χ4n) is 2.79. The van der Waals surface area contributed by atoms with Crippen LogP contribution in [-0.2, 0) is 22.6 Å². The molecule has 0 fully saturated rings. The number of hydrogen-bond donors (Lipinski definition) is 1. The largest absolute Gasteiger partial charge is 0.464 e. The summed E-state index contributed by atoms with van der Waals surface area (Å²) in [5, 5.41) is 2.75. The zero-order valence-electron chi connectivity index (χ0n) is 17.1. The molecule has 0 radical (unpaired) electrons. The van der Waals surface area contributed by atoms with Crippen molar-refractivity contribution in [2.45, 2.75) is 32.5 Å². The van der Waals surface area contributed by atoms with Crippen molar-refractivity contribution in [3.05, 3.63) is 71.3 Å². The van der Waals surface area contributed by atoms with Crippen LogP contribution in [0.1, 0.15) is 24.5 Å². The Labute approximate surface area is 179 Å². The van der Waals surface area contributed by atoms with Gasteiger partial charge in [-0.1, -0.05) is 24.3 Å². The molecule has 5 nitrogen and oxygen atoms in total. The van der Waals surface area contributed by atoms with Crippen molar-refractivity contribution < 1.29 is 23.1 Å². The highest BCUT2D eigenvalue weighted by atomic mass is 32.2. The topological polar surface area (TPSA) is 58.6 Å². The van der Waals surface area contributed by atoms with Gasteiger partial charge in [-0.25, -0.2) is 18.4 Å².